The van der Waals surface area contributed by atoms with Gasteiger partial charge >= 0.3 is 0 Å². The second kappa shape index (κ2) is 4.11. The van der Waals surface area contributed by atoms with Crippen LogP contribution in [-0.4, -0.2) is 13.0 Å². The molecule has 78 valence electrons. The van der Waals surface area contributed by atoms with Crippen molar-refractivity contribution in [2.75, 3.05) is 0 Å². The Kier molecular flexibility index (Phi) is 3.29. The van der Waals surface area contributed by atoms with Gasteiger partial charge in [-0.05, 0) is 11.5 Å². The van der Waals surface area contributed by atoms with Crippen LogP contribution in [0.3, 0.4) is 0 Å². The van der Waals surface area contributed by atoms with Gasteiger partial charge in [0.1, 0.15) is 5.25 Å². The van der Waals surface area contributed by atoms with Crippen LogP contribution in [0, 0.1) is 5.92 Å². The highest BCUT2D eigenvalue weighted by molar-refractivity contribution is 7.86. The Balaban J connectivity index is 3.15. The van der Waals surface area contributed by atoms with Crippen molar-refractivity contribution in [3.63, 3.8) is 0 Å². The van der Waals surface area contributed by atoms with Crippen molar-refractivity contribution >= 4 is 10.1 Å². The molecule has 1 atom stereocenters. The van der Waals surface area contributed by atoms with Gasteiger partial charge in [0.15, 0.2) is 0 Å². The summed E-state index contributed by atoms with van der Waals surface area (Å²) < 4.78 is 31.3. The Bertz CT molecular complexity index is 381. The minimum atomic E-state index is -4.02. The van der Waals surface area contributed by atoms with Crippen LogP contribution in [0.4, 0.5) is 0 Å². The molecule has 0 spiro atoms. The smallest absolute Gasteiger partial charge is 0.272 e. The van der Waals surface area contributed by atoms with Gasteiger partial charge in [-0.3, -0.25) is 4.55 Å². The molecule has 0 aliphatic carbocycles. The third kappa shape index (κ3) is 2.56. The number of hydrogen-bond donors (Lipinski definition) is 1. The summed E-state index contributed by atoms with van der Waals surface area (Å²) in [5, 5.41) is -0.830. The van der Waals surface area contributed by atoms with Gasteiger partial charge in [0, 0.05) is 0 Å². The fourth-order valence-corrected chi connectivity index (χ4v) is 2.73. The van der Waals surface area contributed by atoms with E-state index in [0.29, 0.717) is 5.56 Å². The van der Waals surface area contributed by atoms with E-state index >= 15 is 0 Å². The van der Waals surface area contributed by atoms with Crippen molar-refractivity contribution < 1.29 is 13.0 Å². The molecule has 1 aromatic rings. The zero-order valence-electron chi connectivity index (χ0n) is 8.21. The normalized spacial score (nSPS) is 14.3. The maximum atomic E-state index is 11.1. The highest BCUT2D eigenvalue weighted by Crippen LogP contribution is 2.28. The minimum absolute atomic E-state index is 0.146. The lowest BCUT2D eigenvalue weighted by Crippen LogP contribution is -2.17. The Morgan fingerprint density at radius 2 is 1.64 bits per heavy atom. The first-order valence-electron chi connectivity index (χ1n) is 4.44. The van der Waals surface area contributed by atoms with Crippen molar-refractivity contribution in [3.05, 3.63) is 35.9 Å². The molecule has 0 radical (unpaired) electrons. The quantitative estimate of drug-likeness (QED) is 0.785. The second-order valence-electron chi connectivity index (χ2n) is 3.59. The Labute approximate surface area is 84.5 Å². The first kappa shape index (κ1) is 11.2. The summed E-state index contributed by atoms with van der Waals surface area (Å²) in [6.45, 7) is 3.54. The van der Waals surface area contributed by atoms with Gasteiger partial charge in [0.25, 0.3) is 10.1 Å². The van der Waals surface area contributed by atoms with E-state index in [9.17, 15) is 8.42 Å². The summed E-state index contributed by atoms with van der Waals surface area (Å²) in [5.41, 5.74) is 0.630. The number of rotatable bonds is 3. The molecule has 0 fully saturated rings. The van der Waals surface area contributed by atoms with Crippen molar-refractivity contribution in [1.29, 1.82) is 0 Å². The first-order chi connectivity index (χ1) is 6.43. The molecule has 0 aliphatic rings. The van der Waals surface area contributed by atoms with Crippen molar-refractivity contribution in [3.8, 4) is 0 Å². The van der Waals surface area contributed by atoms with E-state index in [1.807, 2.05) is 6.07 Å². The Hall–Kier alpha value is -0.870. The van der Waals surface area contributed by atoms with Gasteiger partial charge in [-0.1, -0.05) is 44.2 Å². The average Bonchev–Trinajstić information content (AvgIpc) is 2.02. The summed E-state index contributed by atoms with van der Waals surface area (Å²) in [6, 6.07) is 8.74. The van der Waals surface area contributed by atoms with Crippen LogP contribution >= 0.6 is 0 Å². The topological polar surface area (TPSA) is 54.4 Å². The molecule has 0 saturated carbocycles. The lowest BCUT2D eigenvalue weighted by molar-refractivity contribution is 0.445. The van der Waals surface area contributed by atoms with Gasteiger partial charge in [-0.2, -0.15) is 8.42 Å². The van der Waals surface area contributed by atoms with Crippen LogP contribution in [0.15, 0.2) is 30.3 Å². The van der Waals surface area contributed by atoms with E-state index in [4.69, 9.17) is 4.55 Å². The van der Waals surface area contributed by atoms with E-state index in [1.165, 1.54) is 0 Å². The molecular weight excluding hydrogens is 200 g/mol. The molecule has 1 unspecified atom stereocenters. The summed E-state index contributed by atoms with van der Waals surface area (Å²) >= 11 is 0. The zero-order valence-corrected chi connectivity index (χ0v) is 9.03. The number of hydrogen-bond acceptors (Lipinski definition) is 2. The van der Waals surface area contributed by atoms with E-state index in [2.05, 4.69) is 0 Å². The van der Waals surface area contributed by atoms with Crippen molar-refractivity contribution in [2.24, 2.45) is 5.92 Å². The van der Waals surface area contributed by atoms with Crippen LogP contribution in [-0.2, 0) is 10.1 Å². The van der Waals surface area contributed by atoms with Crippen LogP contribution in [0.25, 0.3) is 0 Å². The molecular formula is C10H14O3S. The fraction of sp³-hybridized carbons (Fsp3) is 0.400. The predicted molar refractivity (Wildman–Crippen MR) is 55.6 cm³/mol. The molecule has 0 heterocycles. The van der Waals surface area contributed by atoms with E-state index in [0.717, 1.165) is 0 Å². The van der Waals surface area contributed by atoms with Crippen molar-refractivity contribution in [2.45, 2.75) is 19.1 Å². The molecule has 1 N–H and O–H groups in total. The van der Waals surface area contributed by atoms with Gasteiger partial charge in [-0.15, -0.1) is 0 Å². The third-order valence-corrected chi connectivity index (χ3v) is 3.51. The molecule has 0 aliphatic heterocycles. The second-order valence-corrected chi connectivity index (χ2v) is 5.13. The van der Waals surface area contributed by atoms with Crippen LogP contribution in [0.2, 0.25) is 0 Å². The van der Waals surface area contributed by atoms with Gasteiger partial charge in [-0.25, -0.2) is 0 Å². The van der Waals surface area contributed by atoms with E-state index < -0.39 is 15.4 Å². The third-order valence-electron chi connectivity index (χ3n) is 2.05. The molecule has 0 aromatic heterocycles. The molecule has 0 amide bonds. The van der Waals surface area contributed by atoms with E-state index in [-0.39, 0.29) is 5.92 Å². The molecule has 1 aromatic carbocycles. The zero-order chi connectivity index (χ0) is 10.8. The SMILES string of the molecule is CC(C)C(c1ccccc1)S(=O)(=O)O. The summed E-state index contributed by atoms with van der Waals surface area (Å²) in [6.07, 6.45) is 0. The predicted octanol–water partition coefficient (Wildman–Crippen LogP) is 2.27. The minimum Gasteiger partial charge on any atom is -0.285 e. The Morgan fingerprint density at radius 3 is 2.00 bits per heavy atom. The molecule has 1 rings (SSSR count). The van der Waals surface area contributed by atoms with Crippen molar-refractivity contribution in [1.82, 2.24) is 0 Å². The molecule has 0 saturated heterocycles. The van der Waals surface area contributed by atoms with Gasteiger partial charge < -0.3 is 0 Å². The largest absolute Gasteiger partial charge is 0.285 e. The van der Waals surface area contributed by atoms with Crippen LogP contribution < -0.4 is 0 Å². The summed E-state index contributed by atoms with van der Waals surface area (Å²) in [5.74, 6) is -0.146. The summed E-state index contributed by atoms with van der Waals surface area (Å²) in [4.78, 5) is 0. The maximum absolute atomic E-state index is 11.1. The van der Waals surface area contributed by atoms with Gasteiger partial charge in [0.2, 0.25) is 0 Å². The first-order valence-corrected chi connectivity index (χ1v) is 5.94. The molecule has 14 heavy (non-hydrogen) atoms. The van der Waals surface area contributed by atoms with Crippen LogP contribution in [0.1, 0.15) is 24.7 Å². The molecule has 3 nitrogen and oxygen atoms in total. The van der Waals surface area contributed by atoms with Gasteiger partial charge in [0.05, 0.1) is 0 Å². The highest BCUT2D eigenvalue weighted by Gasteiger charge is 2.27. The monoisotopic (exact) mass is 214 g/mol. The lowest BCUT2D eigenvalue weighted by atomic mass is 10.0. The maximum Gasteiger partial charge on any atom is 0.272 e. The number of benzene rings is 1. The molecule has 4 heteroatoms. The van der Waals surface area contributed by atoms with Crippen LogP contribution in [0.5, 0.6) is 0 Å². The summed E-state index contributed by atoms with van der Waals surface area (Å²) in [7, 11) is -4.02. The fourth-order valence-electron chi connectivity index (χ4n) is 1.54. The lowest BCUT2D eigenvalue weighted by Gasteiger charge is -2.17. The molecule has 0 bridgehead atoms. The highest BCUT2D eigenvalue weighted by atomic mass is 32.2. The Morgan fingerprint density at radius 1 is 1.14 bits per heavy atom. The van der Waals surface area contributed by atoms with E-state index in [1.54, 1.807) is 38.1 Å². The average molecular weight is 214 g/mol. The standard InChI is InChI=1S/C10H14O3S/c1-8(2)10(14(11,12)13)9-6-4-3-5-7-9/h3-8,10H,1-2H3,(H,11,12,13).